The summed E-state index contributed by atoms with van der Waals surface area (Å²) in [6, 6.07) is 66.4. The van der Waals surface area contributed by atoms with Crippen molar-refractivity contribution in [2.24, 2.45) is 23.7 Å². The maximum atomic E-state index is 7.34. The Kier molecular flexibility index (Phi) is 8.02. The van der Waals surface area contributed by atoms with E-state index in [0.717, 1.165) is 57.8 Å². The first-order valence-corrected chi connectivity index (χ1v) is 24.6. The van der Waals surface area contributed by atoms with Gasteiger partial charge in [-0.15, -0.1) is 0 Å². The molecule has 1 aliphatic heterocycles. The summed E-state index contributed by atoms with van der Waals surface area (Å²) in [4.78, 5) is 2.42. The highest BCUT2D eigenvalue weighted by Crippen LogP contribution is 2.69. The van der Waals surface area contributed by atoms with Gasteiger partial charge in [-0.2, -0.15) is 0 Å². The Morgan fingerprint density at radius 3 is 1.67 bits per heavy atom. The summed E-state index contributed by atoms with van der Waals surface area (Å²) in [5.41, 5.74) is 21.8. The number of hydrogen-bond donors (Lipinski definition) is 0. The van der Waals surface area contributed by atoms with E-state index in [4.69, 9.17) is 4.74 Å². The number of hydrogen-bond acceptors (Lipinski definition) is 2. The van der Waals surface area contributed by atoms with Gasteiger partial charge in [-0.05, 0) is 153 Å². The lowest BCUT2D eigenvalue weighted by atomic mass is 9.43. The molecule has 0 N–H and O–H groups in total. The van der Waals surface area contributed by atoms with Crippen LogP contribution in [0.4, 0.5) is 17.1 Å². The lowest BCUT2D eigenvalue weighted by Crippen LogP contribution is -2.55. The highest BCUT2D eigenvalue weighted by molar-refractivity contribution is 5.89. The molecule has 1 spiro atoms. The van der Waals surface area contributed by atoms with Crippen LogP contribution >= 0.6 is 0 Å². The average Bonchev–Trinajstić information content (AvgIpc) is 3.76. The molecule has 8 aromatic rings. The lowest BCUT2D eigenvalue weighted by Gasteiger charge is -2.61. The summed E-state index contributed by atoms with van der Waals surface area (Å²) in [7, 11) is 0. The van der Waals surface area contributed by atoms with E-state index >= 15 is 0 Å². The third-order valence-corrected chi connectivity index (χ3v) is 17.7. The Labute approximate surface area is 390 Å². The molecule has 0 saturated heterocycles. The summed E-state index contributed by atoms with van der Waals surface area (Å²) >= 11 is 0. The van der Waals surface area contributed by atoms with E-state index in [1.807, 2.05) is 0 Å². The minimum Gasteiger partial charge on any atom is -0.456 e. The Hall–Kier alpha value is -6.64. The van der Waals surface area contributed by atoms with Gasteiger partial charge in [0.05, 0.1) is 0 Å². The highest BCUT2D eigenvalue weighted by Gasteiger charge is 2.61. The number of fused-ring (bicyclic) bond motifs is 8. The van der Waals surface area contributed by atoms with Gasteiger partial charge in [0, 0.05) is 56.1 Å². The molecule has 0 amide bonds. The lowest BCUT2D eigenvalue weighted by molar-refractivity contribution is -0.0399. The summed E-state index contributed by atoms with van der Waals surface area (Å²) in [6.07, 6.45) is 7.06. The average molecular weight is 854 g/mol. The normalized spacial score (nSPS) is 23.6. The second-order valence-electron chi connectivity index (χ2n) is 21.7. The molecule has 2 nitrogen and oxygen atoms in total. The fourth-order valence-electron chi connectivity index (χ4n) is 14.9. The predicted octanol–water partition coefficient (Wildman–Crippen LogP) is 17.0. The van der Waals surface area contributed by atoms with Gasteiger partial charge in [0.1, 0.15) is 11.5 Å². The van der Waals surface area contributed by atoms with Crippen LogP contribution in [0.15, 0.2) is 176 Å². The zero-order valence-electron chi connectivity index (χ0n) is 38.4. The molecule has 2 heteroatoms. The third-order valence-electron chi connectivity index (χ3n) is 17.7. The zero-order valence-corrected chi connectivity index (χ0v) is 38.4. The van der Waals surface area contributed by atoms with Gasteiger partial charge in [-0.25, -0.2) is 0 Å². The van der Waals surface area contributed by atoms with Crippen LogP contribution in [0, 0.1) is 23.7 Å². The zero-order chi connectivity index (χ0) is 44.1. The van der Waals surface area contributed by atoms with E-state index in [-0.39, 0.29) is 16.2 Å². The van der Waals surface area contributed by atoms with Gasteiger partial charge in [0.25, 0.3) is 0 Å². The second kappa shape index (κ2) is 13.7. The maximum absolute atomic E-state index is 7.34. The van der Waals surface area contributed by atoms with E-state index in [9.17, 15) is 0 Å². The van der Waals surface area contributed by atoms with E-state index < -0.39 is 0 Å². The van der Waals surface area contributed by atoms with Crippen LogP contribution in [0.5, 0.6) is 11.5 Å². The summed E-state index contributed by atoms with van der Waals surface area (Å²) < 4.78 is 7.34. The molecule has 6 aliphatic carbocycles. The third kappa shape index (κ3) is 5.25. The summed E-state index contributed by atoms with van der Waals surface area (Å²) in [6.45, 7) is 9.47. The summed E-state index contributed by atoms with van der Waals surface area (Å²) in [5.74, 6) is 5.25. The Morgan fingerprint density at radius 2 is 0.909 bits per heavy atom. The van der Waals surface area contributed by atoms with Gasteiger partial charge in [-0.1, -0.05) is 161 Å². The van der Waals surface area contributed by atoms with Crippen molar-refractivity contribution in [3.05, 3.63) is 209 Å². The van der Waals surface area contributed by atoms with Crippen molar-refractivity contribution in [1.29, 1.82) is 0 Å². The molecule has 1 heterocycles. The standard InChI is InChI=1S/C64H55NO/c1-62(2)54-18-10-8-15-50(54)52-28-26-47(37-59(52)62)65(46-24-21-42(22-25-46)41-13-6-5-7-14-41)48-27-30-57-60(38-48)66-61-49(17-12-20-58(61)63(57,3)4)43-23-29-56-53(36-43)51-16-9-11-19-55(51)64(56)44-32-39-31-40(34-44)35-45(64)33-39/h5-30,36-40,44-45H,31-35H2,1-4H3. The van der Waals surface area contributed by atoms with Crippen molar-refractivity contribution in [2.75, 3.05) is 4.90 Å². The second-order valence-corrected chi connectivity index (χ2v) is 21.7. The topological polar surface area (TPSA) is 12.5 Å². The van der Waals surface area contributed by atoms with Crippen LogP contribution < -0.4 is 9.64 Å². The first-order chi connectivity index (χ1) is 32.2. The first-order valence-electron chi connectivity index (χ1n) is 24.6. The van der Waals surface area contributed by atoms with Gasteiger partial charge < -0.3 is 9.64 Å². The highest BCUT2D eigenvalue weighted by atomic mass is 16.5. The van der Waals surface area contributed by atoms with Gasteiger partial charge >= 0.3 is 0 Å². The van der Waals surface area contributed by atoms with Crippen molar-refractivity contribution in [1.82, 2.24) is 0 Å². The molecule has 0 unspecified atom stereocenters. The van der Waals surface area contributed by atoms with Crippen LogP contribution in [-0.2, 0) is 16.2 Å². The summed E-state index contributed by atoms with van der Waals surface area (Å²) in [5, 5.41) is 0. The molecule has 8 aromatic carbocycles. The minimum atomic E-state index is -0.281. The van der Waals surface area contributed by atoms with E-state index in [1.54, 1.807) is 11.1 Å². The number of ether oxygens (including phenoxy) is 1. The molecular weight excluding hydrogens is 799 g/mol. The van der Waals surface area contributed by atoms with Crippen LogP contribution in [0.2, 0.25) is 0 Å². The molecule has 7 aliphatic rings. The molecule has 322 valence electrons. The molecule has 4 bridgehead atoms. The van der Waals surface area contributed by atoms with Crippen molar-refractivity contribution in [3.8, 4) is 56.0 Å². The molecule has 66 heavy (non-hydrogen) atoms. The quantitative estimate of drug-likeness (QED) is 0.171. The van der Waals surface area contributed by atoms with E-state index in [0.29, 0.717) is 0 Å². The smallest absolute Gasteiger partial charge is 0.139 e. The van der Waals surface area contributed by atoms with Crippen LogP contribution in [0.1, 0.15) is 93.2 Å². The van der Waals surface area contributed by atoms with E-state index in [2.05, 4.69) is 209 Å². The van der Waals surface area contributed by atoms with Crippen molar-refractivity contribution in [3.63, 3.8) is 0 Å². The fourth-order valence-corrected chi connectivity index (χ4v) is 14.9. The molecule has 0 atom stereocenters. The van der Waals surface area contributed by atoms with Crippen molar-refractivity contribution < 1.29 is 4.74 Å². The number of benzene rings is 8. The largest absolute Gasteiger partial charge is 0.456 e. The van der Waals surface area contributed by atoms with Crippen LogP contribution in [0.25, 0.3) is 44.5 Å². The van der Waals surface area contributed by atoms with Gasteiger partial charge in [0.15, 0.2) is 0 Å². The predicted molar refractivity (Wildman–Crippen MR) is 271 cm³/mol. The number of nitrogens with zero attached hydrogens (tertiary/aromatic N) is 1. The molecule has 4 fully saturated rings. The van der Waals surface area contributed by atoms with Crippen molar-refractivity contribution >= 4 is 17.1 Å². The van der Waals surface area contributed by atoms with Crippen LogP contribution in [-0.4, -0.2) is 0 Å². The molecule has 15 rings (SSSR count). The Balaban J connectivity index is 0.883. The number of anilines is 3. The van der Waals surface area contributed by atoms with E-state index in [1.165, 1.54) is 93.3 Å². The molecular formula is C64H55NO. The fraction of sp³-hybridized carbons (Fsp3) is 0.250. The van der Waals surface area contributed by atoms with Crippen LogP contribution in [0.3, 0.4) is 0 Å². The van der Waals surface area contributed by atoms with Gasteiger partial charge in [-0.3, -0.25) is 0 Å². The molecule has 0 radical (unpaired) electrons. The minimum absolute atomic E-state index is 0.121. The molecule has 0 aromatic heterocycles. The Bertz CT molecular complexity index is 3270. The first kappa shape index (κ1) is 38.6. The van der Waals surface area contributed by atoms with Crippen molar-refractivity contribution in [2.45, 2.75) is 76.0 Å². The number of rotatable bonds is 5. The number of para-hydroxylation sites is 1. The maximum Gasteiger partial charge on any atom is 0.139 e. The SMILES string of the molecule is CC1(C)c2ccccc2-c2ccc(N(c3ccc(-c4ccccc4)cc3)c3ccc4c(c3)Oc3c(-c5ccc6c(c5)-c5ccccc5C65C6CC7CC(C6)CC5C7)cccc3C4(C)C)cc21. The monoisotopic (exact) mass is 853 g/mol. The van der Waals surface area contributed by atoms with Gasteiger partial charge in [0.2, 0.25) is 0 Å². The Morgan fingerprint density at radius 1 is 0.379 bits per heavy atom. The molecule has 4 saturated carbocycles.